The Labute approximate surface area is 132 Å². The first-order chi connectivity index (χ1) is 10.0. The van der Waals surface area contributed by atoms with Crippen molar-refractivity contribution in [3.63, 3.8) is 0 Å². The molecule has 0 radical (unpaired) electrons. The summed E-state index contributed by atoms with van der Waals surface area (Å²) in [5.74, 6) is -0.246. The third-order valence-corrected chi connectivity index (χ3v) is 4.07. The minimum absolute atomic E-state index is 0.0783. The molecule has 1 heterocycles. The minimum Gasteiger partial charge on any atom is -0.336 e. The van der Waals surface area contributed by atoms with Gasteiger partial charge in [0.05, 0.1) is 4.92 Å². The number of nitrogens with zero attached hydrogens (tertiary/aromatic N) is 3. The van der Waals surface area contributed by atoms with Crippen LogP contribution in [-0.4, -0.2) is 58.7 Å². The van der Waals surface area contributed by atoms with Crippen LogP contribution < -0.4 is 0 Å². The standard InChI is InChI=1S/C14H18BrN3O3/c1-11-3-2-4-12(13(11)18(20)21)14(19)17-9-7-16(6-5-15)8-10-17/h2-4H,5-10H2,1H3. The molecule has 1 aromatic carbocycles. The third kappa shape index (κ3) is 3.59. The number of hydrogen-bond donors (Lipinski definition) is 0. The maximum Gasteiger partial charge on any atom is 0.285 e. The summed E-state index contributed by atoms with van der Waals surface area (Å²) in [7, 11) is 0. The molecule has 0 N–H and O–H groups in total. The first-order valence-electron chi connectivity index (χ1n) is 6.86. The molecule has 114 valence electrons. The van der Waals surface area contributed by atoms with Crippen LogP contribution in [0.1, 0.15) is 15.9 Å². The van der Waals surface area contributed by atoms with E-state index in [0.717, 1.165) is 25.0 Å². The van der Waals surface area contributed by atoms with E-state index in [1.165, 1.54) is 0 Å². The van der Waals surface area contributed by atoms with Gasteiger partial charge in [-0.15, -0.1) is 0 Å². The predicted molar refractivity (Wildman–Crippen MR) is 84.0 cm³/mol. The Kier molecular flexibility index (Phi) is 5.30. The predicted octanol–water partition coefficient (Wildman–Crippen LogP) is 2.06. The number of aryl methyl sites for hydroxylation is 1. The molecule has 0 aromatic heterocycles. The third-order valence-electron chi connectivity index (χ3n) is 3.71. The maximum atomic E-state index is 12.5. The molecule has 1 aliphatic heterocycles. The molecule has 0 unspecified atom stereocenters. The first-order valence-corrected chi connectivity index (χ1v) is 7.98. The van der Waals surface area contributed by atoms with E-state index in [4.69, 9.17) is 0 Å². The van der Waals surface area contributed by atoms with E-state index in [2.05, 4.69) is 20.8 Å². The molecule has 6 nitrogen and oxygen atoms in total. The summed E-state index contributed by atoms with van der Waals surface area (Å²) in [6.07, 6.45) is 0. The van der Waals surface area contributed by atoms with Gasteiger partial charge in [-0.2, -0.15) is 0 Å². The van der Waals surface area contributed by atoms with Crippen LogP contribution in [-0.2, 0) is 0 Å². The Balaban J connectivity index is 2.15. The van der Waals surface area contributed by atoms with Gasteiger partial charge in [0.25, 0.3) is 11.6 Å². The molecular formula is C14H18BrN3O3. The Hall–Kier alpha value is -1.47. The van der Waals surface area contributed by atoms with Gasteiger partial charge >= 0.3 is 0 Å². The Morgan fingerprint density at radius 2 is 2.00 bits per heavy atom. The molecule has 1 saturated heterocycles. The van der Waals surface area contributed by atoms with Crippen molar-refractivity contribution in [3.8, 4) is 0 Å². The molecule has 2 rings (SSSR count). The zero-order valence-electron chi connectivity index (χ0n) is 11.9. The van der Waals surface area contributed by atoms with Gasteiger partial charge in [0.2, 0.25) is 0 Å². The zero-order valence-corrected chi connectivity index (χ0v) is 13.5. The fourth-order valence-electron chi connectivity index (χ4n) is 2.54. The molecule has 0 spiro atoms. The van der Waals surface area contributed by atoms with Crippen LogP contribution in [0.2, 0.25) is 0 Å². The van der Waals surface area contributed by atoms with Crippen LogP contribution in [0.15, 0.2) is 18.2 Å². The van der Waals surface area contributed by atoms with E-state index >= 15 is 0 Å². The molecule has 1 aliphatic rings. The van der Waals surface area contributed by atoms with Crippen LogP contribution in [0.5, 0.6) is 0 Å². The largest absolute Gasteiger partial charge is 0.336 e. The number of hydrogen-bond acceptors (Lipinski definition) is 4. The fourth-order valence-corrected chi connectivity index (χ4v) is 3.04. The Bertz CT molecular complexity index is 542. The summed E-state index contributed by atoms with van der Waals surface area (Å²) in [6, 6.07) is 4.89. The van der Waals surface area contributed by atoms with Crippen molar-refractivity contribution in [2.24, 2.45) is 0 Å². The van der Waals surface area contributed by atoms with Gasteiger partial charge in [-0.1, -0.05) is 28.1 Å². The highest BCUT2D eigenvalue weighted by Crippen LogP contribution is 2.24. The number of benzene rings is 1. The molecule has 21 heavy (non-hydrogen) atoms. The lowest BCUT2D eigenvalue weighted by molar-refractivity contribution is -0.385. The van der Waals surface area contributed by atoms with Gasteiger partial charge in [-0.3, -0.25) is 19.8 Å². The number of carbonyl (C=O) groups excluding carboxylic acids is 1. The SMILES string of the molecule is Cc1cccc(C(=O)N2CCN(CCBr)CC2)c1[N+](=O)[O-]. The topological polar surface area (TPSA) is 66.7 Å². The summed E-state index contributed by atoms with van der Waals surface area (Å²) in [5, 5.41) is 12.1. The number of nitro benzene ring substituents is 1. The van der Waals surface area contributed by atoms with Crippen LogP contribution in [0, 0.1) is 17.0 Å². The number of halogens is 1. The smallest absolute Gasteiger partial charge is 0.285 e. The average Bonchev–Trinajstić information content (AvgIpc) is 2.47. The maximum absolute atomic E-state index is 12.5. The van der Waals surface area contributed by atoms with Gasteiger partial charge in [-0.25, -0.2) is 0 Å². The molecular weight excluding hydrogens is 338 g/mol. The van der Waals surface area contributed by atoms with Gasteiger partial charge in [0.1, 0.15) is 5.56 Å². The summed E-state index contributed by atoms with van der Waals surface area (Å²) in [4.78, 5) is 27.2. The van der Waals surface area contributed by atoms with Crippen molar-refractivity contribution in [3.05, 3.63) is 39.4 Å². The van der Waals surface area contributed by atoms with Crippen LogP contribution in [0.4, 0.5) is 5.69 Å². The van der Waals surface area contributed by atoms with E-state index in [1.807, 2.05) is 0 Å². The highest BCUT2D eigenvalue weighted by atomic mass is 79.9. The number of nitro groups is 1. The van der Waals surface area contributed by atoms with Crippen molar-refractivity contribution in [1.29, 1.82) is 0 Å². The molecule has 0 aliphatic carbocycles. The summed E-state index contributed by atoms with van der Waals surface area (Å²) in [6.45, 7) is 5.43. The molecule has 1 amide bonds. The Morgan fingerprint density at radius 1 is 1.33 bits per heavy atom. The second kappa shape index (κ2) is 7.00. The van der Waals surface area contributed by atoms with Crippen LogP contribution in [0.25, 0.3) is 0 Å². The van der Waals surface area contributed by atoms with Crippen molar-refractivity contribution in [2.75, 3.05) is 38.1 Å². The second-order valence-electron chi connectivity index (χ2n) is 5.05. The lowest BCUT2D eigenvalue weighted by atomic mass is 10.1. The quantitative estimate of drug-likeness (QED) is 0.471. The van der Waals surface area contributed by atoms with Crippen molar-refractivity contribution in [2.45, 2.75) is 6.92 Å². The van der Waals surface area contributed by atoms with E-state index in [1.54, 1.807) is 30.0 Å². The van der Waals surface area contributed by atoms with Crippen LogP contribution in [0.3, 0.4) is 0 Å². The Morgan fingerprint density at radius 3 is 2.57 bits per heavy atom. The average molecular weight is 356 g/mol. The van der Waals surface area contributed by atoms with Gasteiger partial charge in [0.15, 0.2) is 0 Å². The highest BCUT2D eigenvalue weighted by molar-refractivity contribution is 9.09. The fraction of sp³-hybridized carbons (Fsp3) is 0.500. The lowest BCUT2D eigenvalue weighted by Crippen LogP contribution is -2.49. The molecule has 7 heteroatoms. The number of alkyl halides is 1. The summed E-state index contributed by atoms with van der Waals surface area (Å²) >= 11 is 3.40. The number of amides is 1. The van der Waals surface area contributed by atoms with E-state index in [9.17, 15) is 14.9 Å². The lowest BCUT2D eigenvalue weighted by Gasteiger charge is -2.34. The summed E-state index contributed by atoms with van der Waals surface area (Å²) < 4.78 is 0. The van der Waals surface area contributed by atoms with E-state index in [-0.39, 0.29) is 17.2 Å². The molecule has 0 saturated carbocycles. The van der Waals surface area contributed by atoms with Gasteiger partial charge in [-0.05, 0) is 13.0 Å². The molecule has 0 bridgehead atoms. The van der Waals surface area contributed by atoms with Crippen LogP contribution >= 0.6 is 15.9 Å². The van der Waals surface area contributed by atoms with Crippen molar-refractivity contribution >= 4 is 27.5 Å². The van der Waals surface area contributed by atoms with Crippen molar-refractivity contribution < 1.29 is 9.72 Å². The number of carbonyl (C=O) groups is 1. The molecule has 1 fully saturated rings. The van der Waals surface area contributed by atoms with Crippen molar-refractivity contribution in [1.82, 2.24) is 9.80 Å². The second-order valence-corrected chi connectivity index (χ2v) is 5.84. The van der Waals surface area contributed by atoms with E-state index in [0.29, 0.717) is 18.7 Å². The minimum atomic E-state index is -0.469. The number of rotatable bonds is 4. The molecule has 0 atom stereocenters. The first kappa shape index (κ1) is 15.9. The normalized spacial score (nSPS) is 16.0. The number of para-hydroxylation sites is 1. The van der Waals surface area contributed by atoms with Gasteiger partial charge in [0, 0.05) is 43.6 Å². The van der Waals surface area contributed by atoms with Gasteiger partial charge < -0.3 is 4.90 Å². The van der Waals surface area contributed by atoms with E-state index < -0.39 is 4.92 Å². The highest BCUT2D eigenvalue weighted by Gasteiger charge is 2.28. The summed E-state index contributed by atoms with van der Waals surface area (Å²) in [5.41, 5.74) is 0.628. The zero-order chi connectivity index (χ0) is 15.4. The number of piperazine rings is 1. The molecule has 1 aromatic rings. The monoisotopic (exact) mass is 355 g/mol.